The van der Waals surface area contributed by atoms with E-state index in [1.54, 1.807) is 36.2 Å². The molecular weight excluding hydrogens is 440 g/mol. The Balaban J connectivity index is 1.32. The summed E-state index contributed by atoms with van der Waals surface area (Å²) in [6.45, 7) is 4.24. The number of nitrogens with one attached hydrogen (secondary N) is 1. The molecule has 0 saturated carbocycles. The normalized spacial score (nSPS) is 10.6. The molecule has 0 aliphatic carbocycles. The minimum atomic E-state index is -0.317. The van der Waals surface area contributed by atoms with Gasteiger partial charge in [-0.15, -0.1) is 0 Å². The van der Waals surface area contributed by atoms with E-state index in [1.807, 2.05) is 79.2 Å². The van der Waals surface area contributed by atoms with Gasteiger partial charge in [0, 0.05) is 30.4 Å². The summed E-state index contributed by atoms with van der Waals surface area (Å²) in [5.74, 6) is 0.847. The van der Waals surface area contributed by atoms with Crippen LogP contribution in [0.4, 0.5) is 0 Å². The Labute approximate surface area is 205 Å². The largest absolute Gasteiger partial charge is 0.457 e. The molecule has 7 heteroatoms. The van der Waals surface area contributed by atoms with Crippen LogP contribution in [0, 0.1) is 13.8 Å². The molecule has 4 rings (SSSR count). The van der Waals surface area contributed by atoms with E-state index in [0.29, 0.717) is 17.9 Å². The highest BCUT2D eigenvalue weighted by atomic mass is 16.5. The van der Waals surface area contributed by atoms with E-state index in [-0.39, 0.29) is 18.4 Å². The highest BCUT2D eigenvalue weighted by Crippen LogP contribution is 2.21. The van der Waals surface area contributed by atoms with Crippen molar-refractivity contribution < 1.29 is 14.3 Å². The lowest BCUT2D eigenvalue weighted by atomic mass is 10.2. The van der Waals surface area contributed by atoms with Crippen LogP contribution in [-0.4, -0.2) is 40.1 Å². The summed E-state index contributed by atoms with van der Waals surface area (Å²) in [6.07, 6.45) is 0. The van der Waals surface area contributed by atoms with Gasteiger partial charge in [-0.3, -0.25) is 9.59 Å². The number of hydrogen-bond acceptors (Lipinski definition) is 4. The van der Waals surface area contributed by atoms with Crippen LogP contribution in [-0.2, 0) is 11.3 Å². The molecule has 1 aromatic heterocycles. The van der Waals surface area contributed by atoms with Crippen molar-refractivity contribution >= 4 is 11.8 Å². The molecule has 0 aliphatic heterocycles. The van der Waals surface area contributed by atoms with Crippen molar-refractivity contribution in [1.82, 2.24) is 20.0 Å². The van der Waals surface area contributed by atoms with Crippen LogP contribution in [0.1, 0.15) is 27.3 Å². The third-order valence-corrected chi connectivity index (χ3v) is 5.76. The smallest absolute Gasteiger partial charge is 0.251 e. The number of ether oxygens (including phenoxy) is 1. The topological polar surface area (TPSA) is 76.5 Å². The van der Waals surface area contributed by atoms with Gasteiger partial charge < -0.3 is 15.0 Å². The van der Waals surface area contributed by atoms with E-state index in [2.05, 4.69) is 10.4 Å². The molecule has 0 spiro atoms. The first-order valence-corrected chi connectivity index (χ1v) is 11.4. The summed E-state index contributed by atoms with van der Waals surface area (Å²) in [5, 5.41) is 7.34. The molecule has 4 aromatic rings. The third kappa shape index (κ3) is 5.76. The summed E-state index contributed by atoms with van der Waals surface area (Å²) in [7, 11) is 1.73. The molecule has 1 heterocycles. The molecule has 0 bridgehead atoms. The minimum Gasteiger partial charge on any atom is -0.457 e. The number of likely N-dealkylation sites (N-methyl/N-ethyl adjacent to an activating group) is 1. The van der Waals surface area contributed by atoms with Crippen LogP contribution in [0.5, 0.6) is 11.5 Å². The van der Waals surface area contributed by atoms with Crippen LogP contribution in [0.15, 0.2) is 84.9 Å². The Morgan fingerprint density at radius 3 is 2.14 bits per heavy atom. The summed E-state index contributed by atoms with van der Waals surface area (Å²) in [6, 6.07) is 26.1. The Morgan fingerprint density at radius 1 is 0.886 bits per heavy atom. The molecule has 35 heavy (non-hydrogen) atoms. The fraction of sp³-hybridized carbons (Fsp3) is 0.179. The first kappa shape index (κ1) is 23.8. The summed E-state index contributed by atoms with van der Waals surface area (Å²) < 4.78 is 7.63. The second-order valence-corrected chi connectivity index (χ2v) is 8.27. The van der Waals surface area contributed by atoms with Gasteiger partial charge in [-0.25, -0.2) is 4.68 Å². The fourth-order valence-corrected chi connectivity index (χ4v) is 3.74. The summed E-state index contributed by atoms with van der Waals surface area (Å²) in [4.78, 5) is 26.8. The number of benzene rings is 3. The highest BCUT2D eigenvalue weighted by molar-refractivity contribution is 5.96. The van der Waals surface area contributed by atoms with Gasteiger partial charge >= 0.3 is 0 Å². The Hall–Kier alpha value is -4.39. The maximum atomic E-state index is 12.7. The average molecular weight is 469 g/mol. The van der Waals surface area contributed by atoms with Gasteiger partial charge in [0.15, 0.2) is 0 Å². The number of aromatic nitrogens is 2. The third-order valence-electron chi connectivity index (χ3n) is 5.76. The number of aryl methyl sites for hydroxylation is 1. The van der Waals surface area contributed by atoms with E-state index in [0.717, 1.165) is 28.4 Å². The Bertz CT molecular complexity index is 1300. The van der Waals surface area contributed by atoms with Crippen molar-refractivity contribution in [1.29, 1.82) is 0 Å². The molecule has 0 saturated heterocycles. The molecule has 0 fully saturated rings. The van der Waals surface area contributed by atoms with Gasteiger partial charge in [0.05, 0.1) is 17.9 Å². The summed E-state index contributed by atoms with van der Waals surface area (Å²) in [5.41, 5.74) is 4.27. The van der Waals surface area contributed by atoms with Crippen molar-refractivity contribution in [3.05, 3.63) is 107 Å². The zero-order valence-corrected chi connectivity index (χ0v) is 20.1. The number of amides is 2. The molecule has 0 radical (unpaired) electrons. The molecular formula is C28H28N4O3. The zero-order chi connectivity index (χ0) is 24.8. The number of nitrogens with zero attached hydrogens (tertiary/aromatic N) is 3. The van der Waals surface area contributed by atoms with E-state index in [1.165, 1.54) is 0 Å². The van der Waals surface area contributed by atoms with Crippen LogP contribution < -0.4 is 10.1 Å². The number of hydrogen-bond donors (Lipinski definition) is 1. The van der Waals surface area contributed by atoms with Gasteiger partial charge in [-0.2, -0.15) is 5.10 Å². The first-order chi connectivity index (χ1) is 16.9. The number of para-hydroxylation sites is 2. The predicted octanol–water partition coefficient (Wildman–Crippen LogP) is 4.67. The van der Waals surface area contributed by atoms with Crippen molar-refractivity contribution in [3.8, 4) is 17.2 Å². The second kappa shape index (κ2) is 10.7. The van der Waals surface area contributed by atoms with Gasteiger partial charge in [-0.1, -0.05) is 36.4 Å². The Kier molecular flexibility index (Phi) is 7.26. The molecule has 2 amide bonds. The van der Waals surface area contributed by atoms with E-state index < -0.39 is 0 Å². The van der Waals surface area contributed by atoms with E-state index >= 15 is 0 Å². The quantitative estimate of drug-likeness (QED) is 0.408. The van der Waals surface area contributed by atoms with E-state index in [9.17, 15) is 9.59 Å². The Morgan fingerprint density at radius 2 is 1.49 bits per heavy atom. The maximum absolute atomic E-state index is 12.7. The molecule has 7 nitrogen and oxygen atoms in total. The number of rotatable bonds is 8. The first-order valence-electron chi connectivity index (χ1n) is 11.4. The van der Waals surface area contributed by atoms with Crippen LogP contribution in [0.3, 0.4) is 0 Å². The highest BCUT2D eigenvalue weighted by Gasteiger charge is 2.18. The number of carbonyl (C=O) groups excluding carboxylic acids is 2. The monoisotopic (exact) mass is 468 g/mol. The van der Waals surface area contributed by atoms with E-state index in [4.69, 9.17) is 4.74 Å². The van der Waals surface area contributed by atoms with Gasteiger partial charge in [0.1, 0.15) is 11.5 Å². The molecule has 178 valence electrons. The second-order valence-electron chi connectivity index (χ2n) is 8.27. The fourth-order valence-electron chi connectivity index (χ4n) is 3.74. The van der Waals surface area contributed by atoms with Gasteiger partial charge in [0.25, 0.3) is 5.91 Å². The van der Waals surface area contributed by atoms with Gasteiger partial charge in [0.2, 0.25) is 5.91 Å². The maximum Gasteiger partial charge on any atom is 0.251 e. The SMILES string of the molecule is Cc1nn(-c2ccccc2)c(C)c1CN(C)C(=O)CNC(=O)c1ccc(Oc2ccccc2)cc1. The predicted molar refractivity (Wildman–Crippen MR) is 135 cm³/mol. The zero-order valence-electron chi connectivity index (χ0n) is 20.1. The van der Waals surface area contributed by atoms with Crippen molar-refractivity contribution in [3.63, 3.8) is 0 Å². The number of carbonyl (C=O) groups is 2. The molecule has 0 aliphatic rings. The lowest BCUT2D eigenvalue weighted by molar-refractivity contribution is -0.129. The van der Waals surface area contributed by atoms with Crippen LogP contribution in [0.25, 0.3) is 5.69 Å². The molecule has 0 unspecified atom stereocenters. The molecule has 1 N–H and O–H groups in total. The lowest BCUT2D eigenvalue weighted by Gasteiger charge is -2.18. The van der Waals surface area contributed by atoms with Crippen LogP contribution >= 0.6 is 0 Å². The summed E-state index contributed by atoms with van der Waals surface area (Å²) >= 11 is 0. The lowest BCUT2D eigenvalue weighted by Crippen LogP contribution is -2.38. The minimum absolute atomic E-state index is 0.0947. The molecule has 0 atom stereocenters. The average Bonchev–Trinajstić information content (AvgIpc) is 3.17. The van der Waals surface area contributed by atoms with Crippen molar-refractivity contribution in [2.45, 2.75) is 20.4 Å². The molecule has 3 aromatic carbocycles. The standard InChI is InChI=1S/C28H28N4O3/c1-20-26(21(2)32(30-20)23-10-6-4-7-11-23)19-31(3)27(33)18-29-28(34)22-14-16-25(17-15-22)35-24-12-8-5-9-13-24/h4-17H,18-19H2,1-3H3,(H,29,34). The van der Waals surface area contributed by atoms with Crippen LogP contribution in [0.2, 0.25) is 0 Å². The van der Waals surface area contributed by atoms with Crippen molar-refractivity contribution in [2.24, 2.45) is 0 Å². The van der Waals surface area contributed by atoms with Gasteiger partial charge in [-0.05, 0) is 62.4 Å². The van der Waals surface area contributed by atoms with Crippen molar-refractivity contribution in [2.75, 3.05) is 13.6 Å².